The molecule has 1 aromatic rings. The summed E-state index contributed by atoms with van der Waals surface area (Å²) < 4.78 is 28.3. The molecule has 4 nitrogen and oxygen atoms in total. The van der Waals surface area contributed by atoms with Gasteiger partial charge in [-0.1, -0.05) is 36.6 Å². The fourth-order valence-corrected chi connectivity index (χ4v) is 3.66. The van der Waals surface area contributed by atoms with Crippen molar-refractivity contribution in [2.75, 3.05) is 14.1 Å². The highest BCUT2D eigenvalue weighted by atomic mass is 35.5. The van der Waals surface area contributed by atoms with Crippen molar-refractivity contribution in [3.05, 3.63) is 34.9 Å². The van der Waals surface area contributed by atoms with Crippen molar-refractivity contribution in [2.24, 2.45) is 0 Å². The molecule has 0 heterocycles. The van der Waals surface area contributed by atoms with Crippen LogP contribution in [0.25, 0.3) is 0 Å². The van der Waals surface area contributed by atoms with Crippen molar-refractivity contribution in [3.8, 4) is 0 Å². The van der Waals surface area contributed by atoms with E-state index < -0.39 is 15.7 Å². The Hall–Kier alpha value is -0.620. The smallest absolute Gasteiger partial charge is 0.195 e. The van der Waals surface area contributed by atoms with E-state index in [0.29, 0.717) is 5.02 Å². The molecule has 1 aliphatic carbocycles. The number of rotatable bonds is 4. The second-order valence-corrected chi connectivity index (χ2v) is 7.51. The summed E-state index contributed by atoms with van der Waals surface area (Å²) in [4.78, 5) is 0. The zero-order valence-corrected chi connectivity index (χ0v) is 12.8. The minimum absolute atomic E-state index is 0.492. The van der Waals surface area contributed by atoms with Gasteiger partial charge in [-0.25, -0.2) is 0 Å². The zero-order valence-electron chi connectivity index (χ0n) is 11.2. The minimum Gasteiger partial charge on any atom is -0.195 e. The highest BCUT2D eigenvalue weighted by Gasteiger charge is 2.39. The topological polar surface area (TPSA) is 49.4 Å². The molecule has 1 aliphatic rings. The molecule has 0 spiro atoms. The Bertz CT molecular complexity index is 534. The first-order chi connectivity index (χ1) is 8.86. The van der Waals surface area contributed by atoms with Crippen LogP contribution in [-0.4, -0.2) is 26.8 Å². The second-order valence-electron chi connectivity index (χ2n) is 5.19. The number of nitrogens with zero attached hydrogens (tertiary/aromatic N) is 1. The molecule has 0 bridgehead atoms. The first-order valence-electron chi connectivity index (χ1n) is 6.33. The molecule has 0 unspecified atom stereocenters. The number of halogens is 1. The maximum atomic E-state index is 12.1. The first-order valence-corrected chi connectivity index (χ1v) is 8.15. The van der Waals surface area contributed by atoms with Crippen LogP contribution in [0.5, 0.6) is 0 Å². The summed E-state index contributed by atoms with van der Waals surface area (Å²) in [6.45, 7) is 0. The lowest BCUT2D eigenvalue weighted by atomic mass is 9.89. The summed E-state index contributed by atoms with van der Waals surface area (Å²) in [6, 6.07) is 7.43. The molecule has 0 amide bonds. The molecule has 2 rings (SSSR count). The van der Waals surface area contributed by atoms with Gasteiger partial charge in [-0.05, 0) is 30.5 Å². The highest BCUT2D eigenvalue weighted by molar-refractivity contribution is 7.87. The molecular weight excluding hydrogens is 284 g/mol. The molecule has 1 aromatic carbocycles. The van der Waals surface area contributed by atoms with Crippen molar-refractivity contribution < 1.29 is 8.42 Å². The van der Waals surface area contributed by atoms with Crippen molar-refractivity contribution >= 4 is 21.8 Å². The van der Waals surface area contributed by atoms with E-state index in [1.165, 1.54) is 18.4 Å². The van der Waals surface area contributed by atoms with Crippen LogP contribution in [0.1, 0.15) is 31.2 Å². The lowest BCUT2D eigenvalue weighted by molar-refractivity contribution is 0.386. The van der Waals surface area contributed by atoms with Crippen LogP contribution in [0.3, 0.4) is 0 Å². The average molecular weight is 303 g/mol. The molecule has 0 aromatic heterocycles. The van der Waals surface area contributed by atoms with Gasteiger partial charge in [-0.3, -0.25) is 0 Å². The van der Waals surface area contributed by atoms with Gasteiger partial charge in [0.1, 0.15) is 0 Å². The van der Waals surface area contributed by atoms with E-state index in [9.17, 15) is 8.42 Å². The predicted molar refractivity (Wildman–Crippen MR) is 77.3 cm³/mol. The van der Waals surface area contributed by atoms with Crippen molar-refractivity contribution in [1.29, 1.82) is 0 Å². The summed E-state index contributed by atoms with van der Waals surface area (Å²) in [6.07, 6.45) is 3.69. The van der Waals surface area contributed by atoms with E-state index in [-0.39, 0.29) is 0 Å². The summed E-state index contributed by atoms with van der Waals surface area (Å²) >= 11 is 5.90. The molecule has 6 heteroatoms. The van der Waals surface area contributed by atoms with E-state index in [0.717, 1.165) is 31.2 Å². The highest BCUT2D eigenvalue weighted by Crippen LogP contribution is 2.39. The predicted octanol–water partition coefficient (Wildman–Crippen LogP) is 2.51. The summed E-state index contributed by atoms with van der Waals surface area (Å²) in [5, 5.41) is 0.660. The average Bonchev–Trinajstić information content (AvgIpc) is 2.78. The van der Waals surface area contributed by atoms with E-state index in [1.54, 1.807) is 12.1 Å². The van der Waals surface area contributed by atoms with Crippen LogP contribution in [0, 0.1) is 0 Å². The fraction of sp³-hybridized carbons (Fsp3) is 0.538. The molecule has 1 N–H and O–H groups in total. The number of hydrogen-bond donors (Lipinski definition) is 1. The molecular formula is C13H19ClN2O2S. The van der Waals surface area contributed by atoms with Crippen molar-refractivity contribution in [3.63, 3.8) is 0 Å². The van der Waals surface area contributed by atoms with Gasteiger partial charge in [0.2, 0.25) is 0 Å². The Morgan fingerprint density at radius 2 is 1.68 bits per heavy atom. The van der Waals surface area contributed by atoms with E-state index in [2.05, 4.69) is 4.72 Å². The molecule has 106 valence electrons. The summed E-state index contributed by atoms with van der Waals surface area (Å²) in [7, 11) is -0.379. The molecule has 0 radical (unpaired) electrons. The molecule has 0 saturated heterocycles. The maximum absolute atomic E-state index is 12.1. The Balaban J connectivity index is 2.36. The third-order valence-electron chi connectivity index (χ3n) is 3.66. The standard InChI is InChI=1S/C13H19ClN2O2S/c1-16(2)19(17,18)15-13(9-3-4-10-13)11-5-7-12(14)8-6-11/h5-8,15H,3-4,9-10H2,1-2H3. The van der Waals surface area contributed by atoms with Gasteiger partial charge in [0.05, 0.1) is 5.54 Å². The summed E-state index contributed by atoms with van der Waals surface area (Å²) in [5.74, 6) is 0. The number of hydrogen-bond acceptors (Lipinski definition) is 2. The summed E-state index contributed by atoms with van der Waals surface area (Å²) in [5.41, 5.74) is 0.494. The number of benzene rings is 1. The van der Waals surface area contributed by atoms with Crippen molar-refractivity contribution in [2.45, 2.75) is 31.2 Å². The molecule has 0 atom stereocenters. The third kappa shape index (κ3) is 3.11. The fourth-order valence-electron chi connectivity index (χ4n) is 2.54. The van der Waals surface area contributed by atoms with Crippen LogP contribution in [0.2, 0.25) is 5.02 Å². The lowest BCUT2D eigenvalue weighted by Gasteiger charge is -2.32. The van der Waals surface area contributed by atoms with E-state index >= 15 is 0 Å². The van der Waals surface area contributed by atoms with Gasteiger partial charge in [0, 0.05) is 19.1 Å². The Labute approximate surface area is 119 Å². The number of nitrogens with one attached hydrogen (secondary N) is 1. The van der Waals surface area contributed by atoms with Gasteiger partial charge in [0.25, 0.3) is 10.2 Å². The van der Waals surface area contributed by atoms with E-state index in [4.69, 9.17) is 11.6 Å². The molecule has 19 heavy (non-hydrogen) atoms. The van der Waals surface area contributed by atoms with Gasteiger partial charge >= 0.3 is 0 Å². The Kier molecular flexibility index (Phi) is 4.20. The minimum atomic E-state index is -3.45. The molecule has 1 saturated carbocycles. The van der Waals surface area contributed by atoms with Crippen LogP contribution in [0.4, 0.5) is 0 Å². The Morgan fingerprint density at radius 1 is 1.16 bits per heavy atom. The quantitative estimate of drug-likeness (QED) is 0.929. The lowest BCUT2D eigenvalue weighted by Crippen LogP contribution is -2.48. The maximum Gasteiger partial charge on any atom is 0.279 e. The van der Waals surface area contributed by atoms with Gasteiger partial charge in [0.15, 0.2) is 0 Å². The molecule has 1 fully saturated rings. The monoisotopic (exact) mass is 302 g/mol. The van der Waals surface area contributed by atoms with Crippen LogP contribution < -0.4 is 4.72 Å². The van der Waals surface area contributed by atoms with Crippen LogP contribution in [-0.2, 0) is 15.7 Å². The normalized spacial score (nSPS) is 18.9. The zero-order chi connectivity index (χ0) is 14.1. The largest absolute Gasteiger partial charge is 0.279 e. The third-order valence-corrected chi connectivity index (χ3v) is 5.52. The second kappa shape index (κ2) is 5.40. The van der Waals surface area contributed by atoms with Crippen molar-refractivity contribution in [1.82, 2.24) is 9.03 Å². The Morgan fingerprint density at radius 3 is 2.16 bits per heavy atom. The van der Waals surface area contributed by atoms with Crippen LogP contribution >= 0.6 is 11.6 Å². The van der Waals surface area contributed by atoms with Gasteiger partial charge < -0.3 is 0 Å². The molecule has 0 aliphatic heterocycles. The SMILES string of the molecule is CN(C)S(=O)(=O)NC1(c2ccc(Cl)cc2)CCCC1. The van der Waals surface area contributed by atoms with Crippen LogP contribution in [0.15, 0.2) is 24.3 Å². The first kappa shape index (κ1) is 14.8. The van der Waals surface area contributed by atoms with Gasteiger partial charge in [-0.15, -0.1) is 0 Å². The van der Waals surface area contributed by atoms with Gasteiger partial charge in [-0.2, -0.15) is 17.4 Å². The van der Waals surface area contributed by atoms with E-state index in [1.807, 2.05) is 12.1 Å².